The zero-order valence-corrected chi connectivity index (χ0v) is 19.5. The number of alkyl halides is 3. The molecule has 2 aliphatic heterocycles. The first-order chi connectivity index (χ1) is 17.8. The van der Waals surface area contributed by atoms with Crippen LogP contribution in [0.25, 0.3) is 0 Å². The molecule has 1 atom stereocenters. The van der Waals surface area contributed by atoms with Gasteiger partial charge in [0.2, 0.25) is 11.9 Å². The van der Waals surface area contributed by atoms with Crippen molar-refractivity contribution in [2.75, 3.05) is 47.2 Å². The summed E-state index contributed by atoms with van der Waals surface area (Å²) in [5.74, 6) is -0.263. The van der Waals surface area contributed by atoms with E-state index in [-0.39, 0.29) is 12.0 Å². The lowest BCUT2D eigenvalue weighted by Gasteiger charge is -2.41. The number of carbonyl (C=O) groups is 1. The fraction of sp³-hybridized carbons (Fsp3) is 0.240. The van der Waals surface area contributed by atoms with Crippen molar-refractivity contribution < 1.29 is 27.4 Å². The molecule has 0 saturated carbocycles. The van der Waals surface area contributed by atoms with Crippen LogP contribution in [-0.2, 0) is 15.7 Å². The third kappa shape index (κ3) is 5.43. The molecule has 192 valence electrons. The van der Waals surface area contributed by atoms with Gasteiger partial charge in [-0.2, -0.15) is 18.2 Å². The van der Waals surface area contributed by atoms with Gasteiger partial charge in [0.15, 0.2) is 0 Å². The Bertz CT molecular complexity index is 1330. The molecular formula is C25H23F3N6O3. The SMILES string of the molecule is C=CC(=O)Nc1cccc(Nc2nc(Nc3ccc4c(c3)OC[C@H]3COCCN43)ncc2C(F)(F)F)c1. The number of halogens is 3. The number of benzene rings is 2. The van der Waals surface area contributed by atoms with E-state index in [0.29, 0.717) is 48.8 Å². The normalized spacial score (nSPS) is 16.6. The van der Waals surface area contributed by atoms with E-state index in [4.69, 9.17) is 9.47 Å². The Hall–Kier alpha value is -4.32. The number of hydrogen-bond acceptors (Lipinski definition) is 8. The summed E-state index contributed by atoms with van der Waals surface area (Å²) in [5.41, 5.74) is 1.13. The highest BCUT2D eigenvalue weighted by atomic mass is 19.4. The first-order valence-electron chi connectivity index (χ1n) is 11.4. The fourth-order valence-electron chi connectivity index (χ4n) is 4.12. The van der Waals surface area contributed by atoms with Crippen LogP contribution in [0.15, 0.2) is 61.3 Å². The van der Waals surface area contributed by atoms with Crippen LogP contribution in [0.1, 0.15) is 5.56 Å². The van der Waals surface area contributed by atoms with Gasteiger partial charge in [-0.05, 0) is 36.4 Å². The summed E-state index contributed by atoms with van der Waals surface area (Å²) >= 11 is 0. The number of anilines is 6. The third-order valence-corrected chi connectivity index (χ3v) is 5.86. The maximum absolute atomic E-state index is 13.7. The van der Waals surface area contributed by atoms with Gasteiger partial charge in [0.25, 0.3) is 0 Å². The Labute approximate surface area is 210 Å². The molecule has 37 heavy (non-hydrogen) atoms. The van der Waals surface area contributed by atoms with Crippen molar-refractivity contribution in [1.29, 1.82) is 0 Å². The Morgan fingerprint density at radius 3 is 2.73 bits per heavy atom. The molecular weight excluding hydrogens is 489 g/mol. The molecule has 9 nitrogen and oxygen atoms in total. The minimum atomic E-state index is -4.69. The smallest absolute Gasteiger partial charge is 0.421 e. The summed E-state index contributed by atoms with van der Waals surface area (Å²) in [6.45, 7) is 5.84. The second kappa shape index (κ2) is 9.97. The Balaban J connectivity index is 1.39. The zero-order chi connectivity index (χ0) is 26.0. The van der Waals surface area contributed by atoms with Crippen molar-refractivity contribution in [3.8, 4) is 5.75 Å². The average Bonchev–Trinajstić information content (AvgIpc) is 2.88. The van der Waals surface area contributed by atoms with Crippen LogP contribution in [0.5, 0.6) is 5.75 Å². The summed E-state index contributed by atoms with van der Waals surface area (Å²) < 4.78 is 52.5. The minimum Gasteiger partial charge on any atom is -0.489 e. The second-order valence-corrected chi connectivity index (χ2v) is 8.39. The lowest BCUT2D eigenvalue weighted by molar-refractivity contribution is -0.137. The highest BCUT2D eigenvalue weighted by Gasteiger charge is 2.35. The molecule has 0 radical (unpaired) electrons. The van der Waals surface area contributed by atoms with Crippen LogP contribution in [0.2, 0.25) is 0 Å². The predicted octanol–water partition coefficient (Wildman–Crippen LogP) is 4.70. The quantitative estimate of drug-likeness (QED) is 0.409. The second-order valence-electron chi connectivity index (χ2n) is 8.39. The van der Waals surface area contributed by atoms with E-state index in [1.807, 2.05) is 6.07 Å². The van der Waals surface area contributed by atoms with Gasteiger partial charge in [-0.25, -0.2) is 4.98 Å². The van der Waals surface area contributed by atoms with Crippen LogP contribution >= 0.6 is 0 Å². The molecule has 12 heteroatoms. The molecule has 1 saturated heterocycles. The van der Waals surface area contributed by atoms with E-state index in [1.165, 1.54) is 6.07 Å². The van der Waals surface area contributed by atoms with Crippen LogP contribution < -0.4 is 25.6 Å². The maximum Gasteiger partial charge on any atom is 0.421 e. The number of carbonyl (C=O) groups excluding carboxylic acids is 1. The predicted molar refractivity (Wildman–Crippen MR) is 133 cm³/mol. The van der Waals surface area contributed by atoms with Crippen molar-refractivity contribution in [2.24, 2.45) is 0 Å². The molecule has 3 aromatic rings. The van der Waals surface area contributed by atoms with Gasteiger partial charge in [-0.1, -0.05) is 12.6 Å². The van der Waals surface area contributed by atoms with E-state index < -0.39 is 23.5 Å². The number of ether oxygens (including phenoxy) is 2. The number of aromatic nitrogens is 2. The van der Waals surface area contributed by atoms with E-state index >= 15 is 0 Å². The van der Waals surface area contributed by atoms with Gasteiger partial charge >= 0.3 is 6.18 Å². The average molecular weight is 512 g/mol. The Kier molecular flexibility index (Phi) is 6.57. The summed E-state index contributed by atoms with van der Waals surface area (Å²) in [4.78, 5) is 21.8. The van der Waals surface area contributed by atoms with Crippen LogP contribution in [0, 0.1) is 0 Å². The van der Waals surface area contributed by atoms with Crippen molar-refractivity contribution >= 4 is 40.4 Å². The molecule has 0 unspecified atom stereocenters. The number of fused-ring (bicyclic) bond motifs is 3. The molecule has 0 spiro atoms. The minimum absolute atomic E-state index is 0.0355. The topological polar surface area (TPSA) is 101 Å². The van der Waals surface area contributed by atoms with Crippen LogP contribution in [-0.4, -0.2) is 48.3 Å². The molecule has 2 aliphatic rings. The molecule has 0 aliphatic carbocycles. The number of morpholine rings is 1. The Morgan fingerprint density at radius 1 is 1.11 bits per heavy atom. The van der Waals surface area contributed by atoms with Gasteiger partial charge in [0.05, 0.1) is 24.9 Å². The van der Waals surface area contributed by atoms with Crippen molar-refractivity contribution in [1.82, 2.24) is 9.97 Å². The summed E-state index contributed by atoms with van der Waals surface area (Å²) in [6.07, 6.45) is -2.88. The lowest BCUT2D eigenvalue weighted by atomic mass is 10.1. The van der Waals surface area contributed by atoms with Gasteiger partial charge in [0.1, 0.15) is 23.7 Å². The number of nitrogens with one attached hydrogen (secondary N) is 3. The molecule has 3 heterocycles. The first kappa shape index (κ1) is 24.4. The molecule has 2 aromatic carbocycles. The number of amides is 1. The molecule has 1 aromatic heterocycles. The Morgan fingerprint density at radius 2 is 1.92 bits per heavy atom. The number of nitrogens with zero attached hydrogens (tertiary/aromatic N) is 3. The first-order valence-corrected chi connectivity index (χ1v) is 11.4. The number of hydrogen-bond donors (Lipinski definition) is 3. The summed E-state index contributed by atoms with van der Waals surface area (Å²) in [5, 5.41) is 8.20. The van der Waals surface area contributed by atoms with Crippen LogP contribution in [0.3, 0.4) is 0 Å². The largest absolute Gasteiger partial charge is 0.489 e. The molecule has 1 amide bonds. The monoisotopic (exact) mass is 512 g/mol. The number of rotatable bonds is 6. The molecule has 3 N–H and O–H groups in total. The highest BCUT2D eigenvalue weighted by Crippen LogP contribution is 2.38. The molecule has 1 fully saturated rings. The van der Waals surface area contributed by atoms with Gasteiger partial charge in [-0.3, -0.25) is 4.79 Å². The standard InChI is InChI=1S/C25H23F3N6O3/c1-2-22(35)30-15-4-3-5-16(10-15)31-23-19(25(26,27)28)12-29-24(33-23)32-17-6-7-20-21(11-17)37-14-18-13-36-9-8-34(18)20/h2-7,10-12,18H,1,8-9,13-14H2,(H,30,35)(H2,29,31,32,33)/t18-/m1/s1. The highest BCUT2D eigenvalue weighted by molar-refractivity contribution is 5.99. The third-order valence-electron chi connectivity index (χ3n) is 5.86. The van der Waals surface area contributed by atoms with Crippen molar-refractivity contribution in [3.63, 3.8) is 0 Å². The molecule has 5 rings (SSSR count). The van der Waals surface area contributed by atoms with Gasteiger partial charge < -0.3 is 30.3 Å². The summed E-state index contributed by atoms with van der Waals surface area (Å²) in [6, 6.07) is 11.8. The van der Waals surface area contributed by atoms with E-state index in [2.05, 4.69) is 37.4 Å². The van der Waals surface area contributed by atoms with E-state index in [1.54, 1.807) is 30.3 Å². The van der Waals surface area contributed by atoms with E-state index in [9.17, 15) is 18.0 Å². The molecule has 0 bridgehead atoms. The maximum atomic E-state index is 13.7. The lowest BCUT2D eigenvalue weighted by Crippen LogP contribution is -2.51. The van der Waals surface area contributed by atoms with Crippen molar-refractivity contribution in [3.05, 3.63) is 66.9 Å². The van der Waals surface area contributed by atoms with Crippen LogP contribution in [0.4, 0.5) is 47.7 Å². The zero-order valence-electron chi connectivity index (χ0n) is 19.5. The summed E-state index contributed by atoms with van der Waals surface area (Å²) in [7, 11) is 0. The van der Waals surface area contributed by atoms with Gasteiger partial charge in [-0.15, -0.1) is 0 Å². The van der Waals surface area contributed by atoms with Crippen molar-refractivity contribution in [2.45, 2.75) is 12.2 Å². The van der Waals surface area contributed by atoms with E-state index in [0.717, 1.165) is 18.3 Å². The van der Waals surface area contributed by atoms with Gasteiger partial charge in [0, 0.05) is 35.9 Å². The fourth-order valence-corrected chi connectivity index (χ4v) is 4.12.